The van der Waals surface area contributed by atoms with Crippen LogP contribution in [0.4, 0.5) is 15.9 Å². The number of hydrogen-bond donors (Lipinski definition) is 3. The molecule has 65 heavy (non-hydrogen) atoms. The highest BCUT2D eigenvalue weighted by Gasteiger charge is 2.37. The normalized spacial score (nSPS) is 18.0. The summed E-state index contributed by atoms with van der Waals surface area (Å²) in [6.45, 7) is 20.7. The number of nitrogens with zero attached hydrogens (tertiary/aromatic N) is 10. The molecule has 5 aromatic rings. The molecule has 0 bridgehead atoms. The van der Waals surface area contributed by atoms with E-state index in [-0.39, 0.29) is 43.0 Å². The van der Waals surface area contributed by atoms with Crippen molar-refractivity contribution < 1.29 is 18.7 Å². The first-order valence-electron chi connectivity index (χ1n) is 22.6. The average molecular weight is 912 g/mol. The van der Waals surface area contributed by atoms with E-state index in [1.165, 1.54) is 34.3 Å². The number of anilines is 2. The van der Waals surface area contributed by atoms with Crippen LogP contribution < -0.4 is 25.8 Å². The fourth-order valence-electron chi connectivity index (χ4n) is 8.58. The van der Waals surface area contributed by atoms with Crippen LogP contribution in [0.2, 0.25) is 0 Å². The van der Waals surface area contributed by atoms with E-state index in [2.05, 4.69) is 103 Å². The molecule has 7 rings (SSSR count). The number of benzene rings is 2. The Labute approximate surface area is 386 Å². The van der Waals surface area contributed by atoms with Crippen LogP contribution in [0.3, 0.4) is 0 Å². The molecular weight excluding hydrogens is 846 g/mol. The number of ether oxygens (including phenoxy) is 1. The number of piperidine rings is 2. The summed E-state index contributed by atoms with van der Waals surface area (Å²) in [6.07, 6.45) is 11.3. The Hall–Kier alpha value is -5.59. The summed E-state index contributed by atoms with van der Waals surface area (Å²) in [5, 5.41) is 22.2. The number of nitrogens with one attached hydrogen (secondary N) is 3. The van der Waals surface area contributed by atoms with Crippen molar-refractivity contribution >= 4 is 53.4 Å². The lowest BCUT2D eigenvalue weighted by molar-refractivity contribution is -0.120. The molecule has 0 aliphatic carbocycles. The highest BCUT2D eigenvalue weighted by Crippen LogP contribution is 2.40. The number of carbonyl (C=O) groups is 2. The number of carbonyl (C=O) groups excluding carboxylic acids is 2. The SMILES string of the molecule is C=Nn1cnc(-c2cn[nH]c2)c(OC(C)C)/c1=N/CNc1ccc(SN2CCCC(CN3CC[C@@H](c4ccc5c(N(C=O)CCC(=O)NC)nn(C)c5c4)CC3(C)C)C2)cc1F.CCC. The molecule has 0 radical (unpaired) electrons. The maximum atomic E-state index is 15.6. The van der Waals surface area contributed by atoms with Crippen molar-refractivity contribution in [3.05, 3.63) is 72.0 Å². The zero-order valence-corrected chi connectivity index (χ0v) is 40.0. The minimum Gasteiger partial charge on any atom is -0.485 e. The molecule has 16 nitrogen and oxygen atoms in total. The summed E-state index contributed by atoms with van der Waals surface area (Å²) in [5.74, 6) is 1.42. The van der Waals surface area contributed by atoms with Crippen LogP contribution in [0.15, 0.2) is 70.1 Å². The number of aryl methyl sites for hydroxylation is 1. The number of aromatic nitrogens is 6. The predicted octanol–water partition coefficient (Wildman–Crippen LogP) is 7.41. The Balaban J connectivity index is 0.00000227. The first kappa shape index (κ1) is 48.9. The van der Waals surface area contributed by atoms with Crippen LogP contribution in [0.5, 0.6) is 5.75 Å². The van der Waals surface area contributed by atoms with Gasteiger partial charge in [0.1, 0.15) is 24.5 Å². The van der Waals surface area contributed by atoms with Gasteiger partial charge in [-0.1, -0.05) is 26.3 Å². The van der Waals surface area contributed by atoms with E-state index in [0.717, 1.165) is 73.2 Å². The van der Waals surface area contributed by atoms with Gasteiger partial charge < -0.3 is 15.4 Å². The van der Waals surface area contributed by atoms with Crippen LogP contribution in [0, 0.1) is 11.7 Å². The summed E-state index contributed by atoms with van der Waals surface area (Å²) >= 11 is 1.62. The molecule has 2 aromatic carbocycles. The lowest BCUT2D eigenvalue weighted by atomic mass is 9.78. The van der Waals surface area contributed by atoms with E-state index in [1.807, 2.05) is 31.6 Å². The van der Waals surface area contributed by atoms with Crippen molar-refractivity contribution in [2.24, 2.45) is 23.1 Å². The van der Waals surface area contributed by atoms with Crippen molar-refractivity contribution in [2.45, 2.75) is 103 Å². The van der Waals surface area contributed by atoms with Gasteiger partial charge in [0.25, 0.3) is 0 Å². The van der Waals surface area contributed by atoms with Crippen molar-refractivity contribution in [1.82, 2.24) is 44.2 Å². The minimum absolute atomic E-state index is 0.00229. The number of rotatable bonds is 17. The fraction of sp³-hybridized carbons (Fsp3) is 0.511. The topological polar surface area (TPSA) is 166 Å². The number of H-pyrrole nitrogens is 1. The van der Waals surface area contributed by atoms with Gasteiger partial charge in [-0.15, -0.1) is 0 Å². The molecule has 2 atom stereocenters. The van der Waals surface area contributed by atoms with E-state index < -0.39 is 0 Å². The first-order chi connectivity index (χ1) is 31.3. The quantitative estimate of drug-likeness (QED) is 0.0486. The van der Waals surface area contributed by atoms with Gasteiger partial charge in [0.15, 0.2) is 17.1 Å². The second kappa shape index (κ2) is 22.5. The Morgan fingerprint density at radius 2 is 1.98 bits per heavy atom. The summed E-state index contributed by atoms with van der Waals surface area (Å²) in [5.41, 5.74) is 4.29. The molecule has 1 unspecified atom stereocenters. The second-order valence-corrected chi connectivity index (χ2v) is 18.8. The molecule has 0 saturated carbocycles. The van der Waals surface area contributed by atoms with Crippen LogP contribution in [0.1, 0.15) is 91.5 Å². The van der Waals surface area contributed by atoms with Gasteiger partial charge in [0, 0.05) is 81.0 Å². The fourth-order valence-corrected chi connectivity index (χ4v) is 9.67. The Morgan fingerprint density at radius 3 is 2.66 bits per heavy atom. The van der Waals surface area contributed by atoms with E-state index >= 15 is 4.39 Å². The van der Waals surface area contributed by atoms with Gasteiger partial charge in [-0.2, -0.15) is 15.3 Å². The lowest BCUT2D eigenvalue weighted by Crippen LogP contribution is -2.52. The third-order valence-corrected chi connectivity index (χ3v) is 12.8. The number of halogens is 1. The number of hydrogen-bond acceptors (Lipinski definition) is 12. The second-order valence-electron chi connectivity index (χ2n) is 17.6. The van der Waals surface area contributed by atoms with Crippen LogP contribution in [-0.4, -0.2) is 116 Å². The Morgan fingerprint density at radius 1 is 1.18 bits per heavy atom. The molecule has 2 saturated heterocycles. The van der Waals surface area contributed by atoms with Gasteiger partial charge in [-0.3, -0.25) is 29.2 Å². The summed E-state index contributed by atoms with van der Waals surface area (Å²) < 4.78 is 27.3. The van der Waals surface area contributed by atoms with Gasteiger partial charge in [0.2, 0.25) is 12.3 Å². The largest absolute Gasteiger partial charge is 0.485 e. The molecule has 2 fully saturated rings. The highest BCUT2D eigenvalue weighted by atomic mass is 32.2. The van der Waals surface area contributed by atoms with Crippen molar-refractivity contribution in [3.63, 3.8) is 0 Å². The third-order valence-electron chi connectivity index (χ3n) is 11.8. The zero-order valence-electron chi connectivity index (χ0n) is 39.2. The highest BCUT2D eigenvalue weighted by molar-refractivity contribution is 7.97. The van der Waals surface area contributed by atoms with Crippen LogP contribution >= 0.6 is 11.9 Å². The van der Waals surface area contributed by atoms with Gasteiger partial charge >= 0.3 is 0 Å². The molecule has 18 heteroatoms. The first-order valence-corrected chi connectivity index (χ1v) is 23.4. The monoisotopic (exact) mass is 912 g/mol. The Bertz CT molecular complexity index is 2450. The molecule has 2 aliphatic heterocycles. The molecule has 350 valence electrons. The third kappa shape index (κ3) is 12.2. The maximum Gasteiger partial charge on any atom is 0.221 e. The molecule has 3 aromatic heterocycles. The van der Waals surface area contributed by atoms with Crippen molar-refractivity contribution in [3.8, 4) is 17.0 Å². The summed E-state index contributed by atoms with van der Waals surface area (Å²) in [6, 6.07) is 11.8. The molecule has 2 aliphatic rings. The van der Waals surface area contributed by atoms with E-state index in [0.29, 0.717) is 40.3 Å². The van der Waals surface area contributed by atoms with Gasteiger partial charge in [0.05, 0.1) is 23.5 Å². The number of likely N-dealkylation sites (tertiary alicyclic amines) is 1. The standard InChI is InChI=1S/C44H58FN13O3S.C3H8/c1-29(2)61-41-40(33-22-51-52-23-33)50-27-58(47-6)43(41)49-26-48-37-13-11-34(20-36(37)45)62-57-16-8-9-30(25-57)24-56-18-14-32(21-44(56,3)4)31-10-12-35-38(19-31)54(7)53-42(35)55(28-59)17-15-39(60)46-5;1-3-2/h10-13,19-20,22-23,27-30,32,48H,6,8-9,14-18,21,24-26H2,1-5,7H3,(H,46,60)(H,51,52);3H2,1-2H3/b49-43-;/t30?,32-;/m1./s1. The van der Waals surface area contributed by atoms with E-state index in [4.69, 9.17) is 4.74 Å². The smallest absolute Gasteiger partial charge is 0.221 e. The molecule has 0 spiro atoms. The van der Waals surface area contributed by atoms with Crippen molar-refractivity contribution in [1.29, 1.82) is 0 Å². The van der Waals surface area contributed by atoms with Gasteiger partial charge in [-0.05, 0) is 120 Å². The zero-order chi connectivity index (χ0) is 46.7. The predicted molar refractivity (Wildman–Crippen MR) is 258 cm³/mol. The van der Waals surface area contributed by atoms with Crippen molar-refractivity contribution in [2.75, 3.05) is 56.7 Å². The average Bonchev–Trinajstić information content (AvgIpc) is 3.94. The lowest BCUT2D eigenvalue weighted by Gasteiger charge is -2.48. The Kier molecular flexibility index (Phi) is 16.9. The summed E-state index contributed by atoms with van der Waals surface area (Å²) in [7, 11) is 3.49. The maximum absolute atomic E-state index is 15.6. The number of amides is 2. The summed E-state index contributed by atoms with van der Waals surface area (Å²) in [4.78, 5) is 38.0. The van der Waals surface area contributed by atoms with E-state index in [1.54, 1.807) is 43.5 Å². The minimum atomic E-state index is -0.352. The van der Waals surface area contributed by atoms with Gasteiger partial charge in [-0.25, -0.2) is 23.3 Å². The molecular formula is C47H66FN13O3S. The molecule has 3 N–H and O–H groups in total. The van der Waals surface area contributed by atoms with Crippen LogP contribution in [-0.2, 0) is 16.6 Å². The number of aromatic amines is 1. The van der Waals surface area contributed by atoms with E-state index in [9.17, 15) is 9.59 Å². The molecule has 5 heterocycles. The van der Waals surface area contributed by atoms with Crippen LogP contribution in [0.25, 0.3) is 22.2 Å². The number of fused-ring (bicyclic) bond motifs is 1. The molecule has 2 amide bonds.